The monoisotopic (exact) mass is 407 g/mol. The number of aliphatic imine (C=N–C) groups is 1. The molecule has 0 saturated carbocycles. The molecular formula is C21H37N5O3. The first-order valence-electron chi connectivity index (χ1n) is 10.1. The van der Waals surface area contributed by atoms with Gasteiger partial charge in [0.1, 0.15) is 5.75 Å². The van der Waals surface area contributed by atoms with Crippen LogP contribution in [0.3, 0.4) is 0 Å². The van der Waals surface area contributed by atoms with Gasteiger partial charge in [0, 0.05) is 54.0 Å². The Balaban J connectivity index is 2.51. The minimum atomic E-state index is -0.0701. The van der Waals surface area contributed by atoms with Gasteiger partial charge in [-0.1, -0.05) is 12.1 Å². The van der Waals surface area contributed by atoms with Gasteiger partial charge in [0.05, 0.1) is 6.54 Å². The van der Waals surface area contributed by atoms with Crippen LogP contribution in [0.1, 0.15) is 18.9 Å². The lowest BCUT2D eigenvalue weighted by atomic mass is 10.2. The van der Waals surface area contributed by atoms with E-state index in [0.717, 1.165) is 50.7 Å². The molecule has 0 aliphatic heterocycles. The zero-order chi connectivity index (χ0) is 21.5. The number of benzene rings is 1. The molecular weight excluding hydrogens is 370 g/mol. The number of guanidine groups is 1. The average molecular weight is 408 g/mol. The highest BCUT2D eigenvalue weighted by atomic mass is 16.5. The van der Waals surface area contributed by atoms with Crippen LogP contribution in [0, 0.1) is 0 Å². The molecule has 1 amide bonds. The SMILES string of the molecule is CCNC(=NCc1cccc(OCC(=O)N(C)C)c1)NCCN(C)CCCOC. The quantitative estimate of drug-likeness (QED) is 0.290. The normalized spacial score (nSPS) is 11.4. The number of hydrogen-bond acceptors (Lipinski definition) is 5. The Morgan fingerprint density at radius 1 is 1.17 bits per heavy atom. The molecule has 29 heavy (non-hydrogen) atoms. The van der Waals surface area contributed by atoms with Crippen LogP contribution in [0.5, 0.6) is 5.75 Å². The van der Waals surface area contributed by atoms with Crippen molar-refractivity contribution in [3.8, 4) is 5.75 Å². The molecule has 1 aromatic rings. The summed E-state index contributed by atoms with van der Waals surface area (Å²) in [5.74, 6) is 1.38. The van der Waals surface area contributed by atoms with E-state index in [1.165, 1.54) is 4.90 Å². The minimum absolute atomic E-state index is 0.0296. The van der Waals surface area contributed by atoms with E-state index >= 15 is 0 Å². The Morgan fingerprint density at radius 2 is 1.97 bits per heavy atom. The van der Waals surface area contributed by atoms with Crippen LogP contribution in [-0.4, -0.2) is 89.3 Å². The van der Waals surface area contributed by atoms with Crippen molar-refractivity contribution in [1.82, 2.24) is 20.4 Å². The van der Waals surface area contributed by atoms with Gasteiger partial charge < -0.3 is 29.9 Å². The first-order chi connectivity index (χ1) is 14.0. The number of ether oxygens (including phenoxy) is 2. The molecule has 0 radical (unpaired) electrons. The molecule has 8 nitrogen and oxygen atoms in total. The zero-order valence-corrected chi connectivity index (χ0v) is 18.5. The van der Waals surface area contributed by atoms with Crippen LogP contribution >= 0.6 is 0 Å². The van der Waals surface area contributed by atoms with Crippen molar-refractivity contribution in [3.05, 3.63) is 29.8 Å². The second kappa shape index (κ2) is 14.6. The van der Waals surface area contributed by atoms with Gasteiger partial charge in [-0.15, -0.1) is 0 Å². The summed E-state index contributed by atoms with van der Waals surface area (Å²) >= 11 is 0. The number of carbonyl (C=O) groups excluding carboxylic acids is 1. The van der Waals surface area contributed by atoms with Crippen LogP contribution in [-0.2, 0) is 16.1 Å². The Bertz CT molecular complexity index is 622. The second-order valence-corrected chi connectivity index (χ2v) is 7.00. The van der Waals surface area contributed by atoms with Crippen LogP contribution < -0.4 is 15.4 Å². The van der Waals surface area contributed by atoms with E-state index in [4.69, 9.17) is 9.47 Å². The van der Waals surface area contributed by atoms with Gasteiger partial charge in [-0.3, -0.25) is 4.79 Å². The summed E-state index contributed by atoms with van der Waals surface area (Å²) in [6, 6.07) is 7.67. The van der Waals surface area contributed by atoms with Gasteiger partial charge in [-0.05, 0) is 38.1 Å². The fraction of sp³-hybridized carbons (Fsp3) is 0.619. The molecule has 0 aromatic heterocycles. The molecule has 0 spiro atoms. The predicted octanol–water partition coefficient (Wildman–Crippen LogP) is 1.18. The summed E-state index contributed by atoms with van der Waals surface area (Å²) in [7, 11) is 7.26. The van der Waals surface area contributed by atoms with Crippen LogP contribution in [0.2, 0.25) is 0 Å². The highest BCUT2D eigenvalue weighted by Gasteiger charge is 2.05. The smallest absolute Gasteiger partial charge is 0.259 e. The highest BCUT2D eigenvalue weighted by Crippen LogP contribution is 2.14. The third-order valence-corrected chi connectivity index (χ3v) is 4.20. The predicted molar refractivity (Wildman–Crippen MR) is 117 cm³/mol. The first kappa shape index (κ1) is 24.7. The molecule has 0 bridgehead atoms. The van der Waals surface area contributed by atoms with E-state index in [0.29, 0.717) is 12.3 Å². The molecule has 0 aliphatic carbocycles. The third kappa shape index (κ3) is 11.3. The number of rotatable bonds is 13. The molecule has 0 saturated heterocycles. The molecule has 0 fully saturated rings. The van der Waals surface area contributed by atoms with Crippen molar-refractivity contribution in [2.45, 2.75) is 19.9 Å². The molecule has 1 aromatic carbocycles. The largest absolute Gasteiger partial charge is 0.484 e. The summed E-state index contributed by atoms with van der Waals surface area (Å²) in [6.45, 7) is 6.93. The van der Waals surface area contributed by atoms with E-state index < -0.39 is 0 Å². The molecule has 8 heteroatoms. The number of carbonyl (C=O) groups is 1. The minimum Gasteiger partial charge on any atom is -0.484 e. The van der Waals surface area contributed by atoms with Gasteiger partial charge >= 0.3 is 0 Å². The van der Waals surface area contributed by atoms with E-state index in [2.05, 4.69) is 27.6 Å². The van der Waals surface area contributed by atoms with Crippen molar-refractivity contribution < 1.29 is 14.3 Å². The van der Waals surface area contributed by atoms with Crippen molar-refractivity contribution in [2.24, 2.45) is 4.99 Å². The fourth-order valence-corrected chi connectivity index (χ4v) is 2.48. The number of nitrogens with zero attached hydrogens (tertiary/aromatic N) is 3. The van der Waals surface area contributed by atoms with Crippen molar-refractivity contribution >= 4 is 11.9 Å². The topological polar surface area (TPSA) is 78.4 Å². The van der Waals surface area contributed by atoms with Crippen LogP contribution in [0.4, 0.5) is 0 Å². The summed E-state index contributed by atoms with van der Waals surface area (Å²) in [6.07, 6.45) is 1.03. The van der Waals surface area contributed by atoms with Gasteiger partial charge in [-0.2, -0.15) is 0 Å². The number of hydrogen-bond donors (Lipinski definition) is 2. The van der Waals surface area contributed by atoms with E-state index in [-0.39, 0.29) is 12.5 Å². The molecule has 0 aliphatic rings. The van der Waals surface area contributed by atoms with E-state index in [1.807, 2.05) is 31.2 Å². The van der Waals surface area contributed by atoms with E-state index in [1.54, 1.807) is 21.2 Å². The number of methoxy groups -OCH3 is 1. The van der Waals surface area contributed by atoms with Crippen molar-refractivity contribution in [3.63, 3.8) is 0 Å². The Hall–Kier alpha value is -2.32. The summed E-state index contributed by atoms with van der Waals surface area (Å²) < 4.78 is 10.7. The molecule has 1 rings (SSSR count). The lowest BCUT2D eigenvalue weighted by Gasteiger charge is -2.18. The Labute approximate surface area is 175 Å². The number of likely N-dealkylation sites (N-methyl/N-ethyl adjacent to an activating group) is 2. The molecule has 0 unspecified atom stereocenters. The molecule has 0 atom stereocenters. The van der Waals surface area contributed by atoms with Gasteiger partial charge in [0.2, 0.25) is 0 Å². The molecule has 0 heterocycles. The molecule has 2 N–H and O–H groups in total. The highest BCUT2D eigenvalue weighted by molar-refractivity contribution is 5.79. The van der Waals surface area contributed by atoms with Crippen molar-refractivity contribution in [2.75, 3.05) is 67.6 Å². The molecule has 164 valence electrons. The lowest BCUT2D eigenvalue weighted by molar-refractivity contribution is -0.130. The second-order valence-electron chi connectivity index (χ2n) is 7.00. The average Bonchev–Trinajstić information content (AvgIpc) is 2.70. The van der Waals surface area contributed by atoms with Crippen LogP contribution in [0.15, 0.2) is 29.3 Å². The number of amides is 1. The maximum absolute atomic E-state index is 11.7. The summed E-state index contributed by atoms with van der Waals surface area (Å²) in [4.78, 5) is 20.1. The fourth-order valence-electron chi connectivity index (χ4n) is 2.48. The third-order valence-electron chi connectivity index (χ3n) is 4.20. The Morgan fingerprint density at radius 3 is 2.66 bits per heavy atom. The maximum atomic E-state index is 11.7. The maximum Gasteiger partial charge on any atom is 0.259 e. The zero-order valence-electron chi connectivity index (χ0n) is 18.5. The van der Waals surface area contributed by atoms with Crippen molar-refractivity contribution in [1.29, 1.82) is 0 Å². The van der Waals surface area contributed by atoms with Gasteiger partial charge in [0.15, 0.2) is 12.6 Å². The standard InChI is InChI=1S/C21H37N5O3/c1-6-22-21(23-11-13-26(4)12-8-14-28-5)24-16-18-9-7-10-19(15-18)29-17-20(27)25(2)3/h7,9-10,15H,6,8,11-14,16-17H2,1-5H3,(H2,22,23,24). The Kier molecular flexibility index (Phi) is 12.5. The summed E-state index contributed by atoms with van der Waals surface area (Å²) in [5, 5.41) is 6.63. The first-order valence-corrected chi connectivity index (χ1v) is 10.1. The summed E-state index contributed by atoms with van der Waals surface area (Å²) in [5.41, 5.74) is 1.02. The van der Waals surface area contributed by atoms with Gasteiger partial charge in [-0.25, -0.2) is 4.99 Å². The lowest BCUT2D eigenvalue weighted by Crippen LogP contribution is -2.41. The van der Waals surface area contributed by atoms with Gasteiger partial charge in [0.25, 0.3) is 5.91 Å². The van der Waals surface area contributed by atoms with E-state index in [9.17, 15) is 4.79 Å². The number of nitrogens with one attached hydrogen (secondary N) is 2. The van der Waals surface area contributed by atoms with Crippen LogP contribution in [0.25, 0.3) is 0 Å².